The number of aromatic nitrogens is 2. The van der Waals surface area contributed by atoms with Crippen LogP contribution < -0.4 is 16.4 Å². The third kappa shape index (κ3) is 5.36. The molecule has 26 heavy (non-hydrogen) atoms. The van der Waals surface area contributed by atoms with Gasteiger partial charge in [-0.05, 0) is 6.07 Å². The van der Waals surface area contributed by atoms with Gasteiger partial charge < -0.3 is 21.5 Å². The van der Waals surface area contributed by atoms with Gasteiger partial charge in [0.1, 0.15) is 5.02 Å². The lowest BCUT2D eigenvalue weighted by Crippen LogP contribution is -2.10. The van der Waals surface area contributed by atoms with Crippen LogP contribution >= 0.6 is 11.6 Å². The second-order valence-corrected chi connectivity index (χ2v) is 5.37. The zero-order valence-corrected chi connectivity index (χ0v) is 14.3. The van der Waals surface area contributed by atoms with Crippen LogP contribution in [-0.4, -0.2) is 34.4 Å². The van der Waals surface area contributed by atoms with Crippen LogP contribution in [0.3, 0.4) is 0 Å². The SMILES string of the molecule is NC=C(C=NCCO)Nc1ncc(Cl)c(NCc2cccc(F)c2F)n1. The van der Waals surface area contributed by atoms with Crippen molar-refractivity contribution in [1.29, 1.82) is 0 Å². The average Bonchev–Trinajstić information content (AvgIpc) is 2.64. The Morgan fingerprint density at radius 2 is 2.19 bits per heavy atom. The van der Waals surface area contributed by atoms with Gasteiger partial charge in [-0.2, -0.15) is 4.98 Å². The Hall–Kier alpha value is -2.78. The topological polar surface area (TPSA) is 108 Å². The van der Waals surface area contributed by atoms with E-state index in [1.54, 1.807) is 0 Å². The summed E-state index contributed by atoms with van der Waals surface area (Å²) in [4.78, 5) is 12.1. The molecular weight excluding hydrogens is 366 g/mol. The number of aliphatic hydroxyl groups excluding tert-OH is 1. The quantitative estimate of drug-likeness (QED) is 0.522. The molecule has 7 nitrogen and oxygen atoms in total. The number of allylic oxidation sites excluding steroid dienone is 1. The Kier molecular flexibility index (Phi) is 7.24. The summed E-state index contributed by atoms with van der Waals surface area (Å²) < 4.78 is 27.0. The minimum absolute atomic E-state index is 0.0166. The molecular formula is C16H17ClF2N6O. The van der Waals surface area contributed by atoms with Crippen molar-refractivity contribution in [3.05, 3.63) is 58.5 Å². The van der Waals surface area contributed by atoms with Gasteiger partial charge in [0.2, 0.25) is 5.95 Å². The second kappa shape index (κ2) is 9.64. The first-order chi connectivity index (χ1) is 12.5. The van der Waals surface area contributed by atoms with Crippen molar-refractivity contribution in [2.75, 3.05) is 23.8 Å². The largest absolute Gasteiger partial charge is 0.403 e. The molecule has 0 fully saturated rings. The van der Waals surface area contributed by atoms with Crippen LogP contribution in [0.15, 0.2) is 41.3 Å². The van der Waals surface area contributed by atoms with Crippen LogP contribution in [0.2, 0.25) is 5.02 Å². The summed E-state index contributed by atoms with van der Waals surface area (Å²) in [5, 5.41) is 14.6. The third-order valence-electron chi connectivity index (χ3n) is 3.12. The number of halogens is 3. The fourth-order valence-electron chi connectivity index (χ4n) is 1.88. The van der Waals surface area contributed by atoms with E-state index >= 15 is 0 Å². The number of nitrogens with two attached hydrogens (primary N) is 1. The van der Waals surface area contributed by atoms with Crippen molar-refractivity contribution >= 4 is 29.6 Å². The number of benzene rings is 1. The van der Waals surface area contributed by atoms with Gasteiger partial charge in [0.05, 0.1) is 25.0 Å². The summed E-state index contributed by atoms with van der Waals surface area (Å²) in [6.45, 7) is 0.125. The number of anilines is 2. The van der Waals surface area contributed by atoms with E-state index in [9.17, 15) is 8.78 Å². The summed E-state index contributed by atoms with van der Waals surface area (Å²) in [6, 6.07) is 3.90. The van der Waals surface area contributed by atoms with Crippen molar-refractivity contribution in [1.82, 2.24) is 9.97 Å². The summed E-state index contributed by atoms with van der Waals surface area (Å²) in [5.41, 5.74) is 6.02. The number of rotatable bonds is 8. The molecule has 0 unspecified atom stereocenters. The summed E-state index contributed by atoms with van der Waals surface area (Å²) >= 11 is 6.03. The van der Waals surface area contributed by atoms with Gasteiger partial charge in [-0.25, -0.2) is 13.8 Å². The predicted octanol–water partition coefficient (Wildman–Crippen LogP) is 2.30. The van der Waals surface area contributed by atoms with Crippen LogP contribution in [0.1, 0.15) is 5.56 Å². The first kappa shape index (κ1) is 19.5. The molecule has 0 amide bonds. The Morgan fingerprint density at radius 1 is 1.38 bits per heavy atom. The van der Waals surface area contributed by atoms with E-state index in [4.69, 9.17) is 22.4 Å². The smallest absolute Gasteiger partial charge is 0.229 e. The lowest BCUT2D eigenvalue weighted by Gasteiger charge is -2.11. The Morgan fingerprint density at radius 3 is 2.92 bits per heavy atom. The number of nitrogens with one attached hydrogen (secondary N) is 2. The van der Waals surface area contributed by atoms with Crippen molar-refractivity contribution in [2.24, 2.45) is 10.7 Å². The molecule has 2 aromatic rings. The maximum absolute atomic E-state index is 13.7. The number of aliphatic hydroxyl groups is 1. The van der Waals surface area contributed by atoms with E-state index in [0.717, 1.165) is 6.07 Å². The third-order valence-corrected chi connectivity index (χ3v) is 3.39. The van der Waals surface area contributed by atoms with Crippen LogP contribution in [0, 0.1) is 11.6 Å². The number of hydrogen-bond donors (Lipinski definition) is 4. The lowest BCUT2D eigenvalue weighted by atomic mass is 10.2. The molecule has 0 aliphatic rings. The van der Waals surface area contributed by atoms with Crippen LogP contribution in [0.25, 0.3) is 0 Å². The molecule has 1 heterocycles. The standard InChI is InChI=1S/C16H17ClF2N6O/c17-12-9-23-16(24-11(6-20)8-21-4-5-26)25-15(12)22-7-10-2-1-3-13(18)14(10)19/h1-3,6,8-9,26H,4-5,7,20H2,(H2,22,23,24,25). The molecule has 138 valence electrons. The molecule has 2 rings (SSSR count). The van der Waals surface area contributed by atoms with Crippen molar-refractivity contribution in [2.45, 2.75) is 6.54 Å². The molecule has 0 bridgehead atoms. The normalized spacial score (nSPS) is 11.8. The second-order valence-electron chi connectivity index (χ2n) is 4.96. The molecule has 10 heteroatoms. The van der Waals surface area contributed by atoms with Gasteiger partial charge in [0, 0.05) is 24.5 Å². The zero-order valence-electron chi connectivity index (χ0n) is 13.6. The van der Waals surface area contributed by atoms with Gasteiger partial charge in [-0.15, -0.1) is 0 Å². The highest BCUT2D eigenvalue weighted by molar-refractivity contribution is 6.32. The van der Waals surface area contributed by atoms with Crippen molar-refractivity contribution in [3.63, 3.8) is 0 Å². The number of aliphatic imine (C=N–C) groups is 1. The molecule has 0 aliphatic carbocycles. The molecule has 0 saturated heterocycles. The molecule has 5 N–H and O–H groups in total. The maximum atomic E-state index is 13.7. The summed E-state index contributed by atoms with van der Waals surface area (Å²) in [5.74, 6) is -1.46. The highest BCUT2D eigenvalue weighted by atomic mass is 35.5. The van der Waals surface area contributed by atoms with E-state index in [2.05, 4.69) is 25.6 Å². The predicted molar refractivity (Wildman–Crippen MR) is 97.1 cm³/mol. The Balaban J connectivity index is 2.10. The molecule has 0 atom stereocenters. The van der Waals surface area contributed by atoms with E-state index in [0.29, 0.717) is 5.70 Å². The van der Waals surface area contributed by atoms with Gasteiger partial charge in [-0.3, -0.25) is 4.99 Å². The monoisotopic (exact) mass is 382 g/mol. The molecule has 1 aromatic carbocycles. The highest BCUT2D eigenvalue weighted by Crippen LogP contribution is 2.21. The van der Waals surface area contributed by atoms with E-state index < -0.39 is 11.6 Å². The van der Waals surface area contributed by atoms with E-state index in [1.165, 1.54) is 30.7 Å². The van der Waals surface area contributed by atoms with Crippen LogP contribution in [-0.2, 0) is 6.54 Å². The first-order valence-corrected chi connectivity index (χ1v) is 7.92. The zero-order chi connectivity index (χ0) is 18.9. The van der Waals surface area contributed by atoms with Gasteiger partial charge in [0.15, 0.2) is 17.5 Å². The van der Waals surface area contributed by atoms with E-state index in [1.807, 2.05) is 0 Å². The molecule has 0 spiro atoms. The first-order valence-electron chi connectivity index (χ1n) is 7.54. The summed E-state index contributed by atoms with van der Waals surface area (Å²) in [6.07, 6.45) is 4.03. The van der Waals surface area contributed by atoms with E-state index in [-0.39, 0.29) is 42.0 Å². The fraction of sp³-hybridized carbons (Fsp3) is 0.188. The maximum Gasteiger partial charge on any atom is 0.229 e. The van der Waals surface area contributed by atoms with Crippen LogP contribution in [0.4, 0.5) is 20.5 Å². The minimum Gasteiger partial charge on any atom is -0.403 e. The van der Waals surface area contributed by atoms with Crippen molar-refractivity contribution in [3.8, 4) is 0 Å². The average molecular weight is 383 g/mol. The fourth-order valence-corrected chi connectivity index (χ4v) is 2.04. The number of hydrogen-bond acceptors (Lipinski definition) is 7. The van der Waals surface area contributed by atoms with Gasteiger partial charge in [-0.1, -0.05) is 23.7 Å². The lowest BCUT2D eigenvalue weighted by molar-refractivity contribution is 0.307. The highest BCUT2D eigenvalue weighted by Gasteiger charge is 2.10. The minimum atomic E-state index is -0.933. The molecule has 1 aromatic heterocycles. The number of nitrogens with zero attached hydrogens (tertiary/aromatic N) is 3. The molecule has 0 aliphatic heterocycles. The molecule has 0 radical (unpaired) electrons. The molecule has 0 saturated carbocycles. The van der Waals surface area contributed by atoms with Gasteiger partial charge in [0.25, 0.3) is 0 Å². The van der Waals surface area contributed by atoms with Crippen molar-refractivity contribution < 1.29 is 13.9 Å². The Bertz CT molecular complexity index is 815. The summed E-state index contributed by atoms with van der Waals surface area (Å²) in [7, 11) is 0. The van der Waals surface area contributed by atoms with Crippen LogP contribution in [0.5, 0.6) is 0 Å². The van der Waals surface area contributed by atoms with Gasteiger partial charge >= 0.3 is 0 Å². The Labute approximate surface area is 153 Å².